The first-order valence-electron chi connectivity index (χ1n) is 8.25. The summed E-state index contributed by atoms with van der Waals surface area (Å²) in [6, 6.07) is 7.98. The summed E-state index contributed by atoms with van der Waals surface area (Å²) in [7, 11) is 0. The van der Waals surface area contributed by atoms with E-state index in [1.807, 2.05) is 18.2 Å². The van der Waals surface area contributed by atoms with Gasteiger partial charge in [0.25, 0.3) is 0 Å². The lowest BCUT2D eigenvalue weighted by atomic mass is 10.0. The molecule has 1 aliphatic heterocycles. The van der Waals surface area contributed by atoms with E-state index in [4.69, 9.17) is 5.73 Å². The smallest absolute Gasteiger partial charge is 0.318 e. The van der Waals surface area contributed by atoms with E-state index in [1.54, 1.807) is 4.90 Å². The number of carbonyl (C=O) groups excluding carboxylic acids is 2. The highest BCUT2D eigenvalue weighted by Gasteiger charge is 2.28. The van der Waals surface area contributed by atoms with Gasteiger partial charge in [-0.1, -0.05) is 24.3 Å². The molecule has 124 valence electrons. The first-order valence-corrected chi connectivity index (χ1v) is 8.25. The number of benzene rings is 1. The topological polar surface area (TPSA) is 87.5 Å². The molecule has 6 heteroatoms. The van der Waals surface area contributed by atoms with Crippen molar-refractivity contribution in [1.29, 1.82) is 0 Å². The zero-order valence-corrected chi connectivity index (χ0v) is 13.3. The van der Waals surface area contributed by atoms with Crippen LogP contribution in [0, 0.1) is 5.92 Å². The van der Waals surface area contributed by atoms with Gasteiger partial charge in [0, 0.05) is 25.7 Å². The van der Waals surface area contributed by atoms with Crippen molar-refractivity contribution in [2.24, 2.45) is 11.7 Å². The zero-order chi connectivity index (χ0) is 16.2. The minimum Gasteiger partial charge on any atom is -0.353 e. The van der Waals surface area contributed by atoms with Gasteiger partial charge < -0.3 is 21.3 Å². The van der Waals surface area contributed by atoms with Gasteiger partial charge in [0.15, 0.2) is 0 Å². The van der Waals surface area contributed by atoms with E-state index < -0.39 is 0 Å². The quantitative estimate of drug-likeness (QED) is 0.744. The summed E-state index contributed by atoms with van der Waals surface area (Å²) in [5.41, 5.74) is 8.40. The second kappa shape index (κ2) is 7.00. The Kier molecular flexibility index (Phi) is 4.81. The second-order valence-corrected chi connectivity index (χ2v) is 6.40. The third-order valence-electron chi connectivity index (χ3n) is 4.58. The van der Waals surface area contributed by atoms with Gasteiger partial charge in [-0.15, -0.1) is 0 Å². The van der Waals surface area contributed by atoms with Crippen LogP contribution in [-0.4, -0.2) is 42.5 Å². The predicted molar refractivity (Wildman–Crippen MR) is 87.7 cm³/mol. The molecule has 3 rings (SSSR count). The molecule has 0 saturated heterocycles. The molecule has 0 bridgehead atoms. The number of nitrogens with two attached hydrogens (primary N) is 1. The Hall–Kier alpha value is -2.08. The third kappa shape index (κ3) is 4.22. The summed E-state index contributed by atoms with van der Waals surface area (Å²) in [4.78, 5) is 25.7. The Morgan fingerprint density at radius 2 is 1.96 bits per heavy atom. The van der Waals surface area contributed by atoms with Crippen LogP contribution >= 0.6 is 0 Å². The van der Waals surface area contributed by atoms with Gasteiger partial charge in [-0.05, 0) is 36.3 Å². The van der Waals surface area contributed by atoms with Crippen LogP contribution in [-0.2, 0) is 17.8 Å². The fourth-order valence-electron chi connectivity index (χ4n) is 2.92. The van der Waals surface area contributed by atoms with Gasteiger partial charge in [0.05, 0.1) is 6.54 Å². The molecule has 0 spiro atoms. The molecule has 1 saturated carbocycles. The van der Waals surface area contributed by atoms with Crippen LogP contribution in [0.5, 0.6) is 0 Å². The minimum absolute atomic E-state index is 0.00559. The molecular formula is C17H24N4O2. The van der Waals surface area contributed by atoms with Crippen molar-refractivity contribution in [2.75, 3.05) is 19.6 Å². The normalized spacial score (nSPS) is 18.0. The Morgan fingerprint density at radius 1 is 1.22 bits per heavy atom. The van der Waals surface area contributed by atoms with Crippen LogP contribution in [0.25, 0.3) is 0 Å². The SMILES string of the molecule is NC(CNC(=O)CNC(=O)N1CCc2ccccc2C1)C1CC1. The molecule has 3 amide bonds. The third-order valence-corrected chi connectivity index (χ3v) is 4.58. The number of hydrogen-bond donors (Lipinski definition) is 3. The molecule has 6 nitrogen and oxygen atoms in total. The highest BCUT2D eigenvalue weighted by Crippen LogP contribution is 2.31. The average Bonchev–Trinajstić information content (AvgIpc) is 3.42. The van der Waals surface area contributed by atoms with Gasteiger partial charge >= 0.3 is 6.03 Å². The molecule has 1 unspecified atom stereocenters. The van der Waals surface area contributed by atoms with Crippen LogP contribution in [0.1, 0.15) is 24.0 Å². The highest BCUT2D eigenvalue weighted by molar-refractivity contribution is 5.84. The van der Waals surface area contributed by atoms with Gasteiger partial charge in [0.2, 0.25) is 5.91 Å². The molecule has 0 radical (unpaired) electrons. The number of nitrogens with one attached hydrogen (secondary N) is 2. The summed E-state index contributed by atoms with van der Waals surface area (Å²) in [5.74, 6) is 0.366. The summed E-state index contributed by atoms with van der Waals surface area (Å²) in [6.07, 6.45) is 3.17. The molecule has 4 N–H and O–H groups in total. The highest BCUT2D eigenvalue weighted by atomic mass is 16.2. The molecule has 1 aromatic carbocycles. The van der Waals surface area contributed by atoms with E-state index in [9.17, 15) is 9.59 Å². The Morgan fingerprint density at radius 3 is 2.70 bits per heavy atom. The lowest BCUT2D eigenvalue weighted by Gasteiger charge is -2.28. The number of fused-ring (bicyclic) bond motifs is 1. The zero-order valence-electron chi connectivity index (χ0n) is 13.3. The molecule has 0 aromatic heterocycles. The minimum atomic E-state index is -0.193. The largest absolute Gasteiger partial charge is 0.353 e. The van der Waals surface area contributed by atoms with Crippen molar-refractivity contribution in [1.82, 2.24) is 15.5 Å². The summed E-state index contributed by atoms with van der Waals surface area (Å²) < 4.78 is 0. The van der Waals surface area contributed by atoms with Crippen LogP contribution in [0.3, 0.4) is 0 Å². The van der Waals surface area contributed by atoms with Crippen molar-refractivity contribution in [2.45, 2.75) is 31.8 Å². The van der Waals surface area contributed by atoms with E-state index in [0.29, 0.717) is 25.6 Å². The average molecular weight is 316 g/mol. The number of hydrogen-bond acceptors (Lipinski definition) is 3. The standard InChI is InChI=1S/C17H24N4O2/c18-15(13-5-6-13)9-19-16(22)10-20-17(23)21-8-7-12-3-1-2-4-14(12)11-21/h1-4,13,15H,5-11,18H2,(H,19,22)(H,20,23). The number of carbonyl (C=O) groups is 2. The van der Waals surface area contributed by atoms with Crippen molar-refractivity contribution < 1.29 is 9.59 Å². The monoisotopic (exact) mass is 316 g/mol. The van der Waals surface area contributed by atoms with Gasteiger partial charge in [-0.2, -0.15) is 0 Å². The van der Waals surface area contributed by atoms with Crippen molar-refractivity contribution in [3.8, 4) is 0 Å². The number of nitrogens with zero attached hydrogens (tertiary/aromatic N) is 1. The van der Waals surface area contributed by atoms with Crippen LogP contribution in [0.15, 0.2) is 24.3 Å². The number of urea groups is 1. The van der Waals surface area contributed by atoms with Gasteiger partial charge in [-0.25, -0.2) is 4.79 Å². The van der Waals surface area contributed by atoms with Gasteiger partial charge in [0.1, 0.15) is 0 Å². The van der Waals surface area contributed by atoms with E-state index in [2.05, 4.69) is 16.7 Å². The number of amides is 3. The summed E-state index contributed by atoms with van der Waals surface area (Å²) in [6.45, 7) is 1.75. The fraction of sp³-hybridized carbons (Fsp3) is 0.529. The summed E-state index contributed by atoms with van der Waals surface area (Å²) >= 11 is 0. The van der Waals surface area contributed by atoms with Crippen molar-refractivity contribution >= 4 is 11.9 Å². The van der Waals surface area contributed by atoms with E-state index >= 15 is 0 Å². The van der Waals surface area contributed by atoms with Crippen molar-refractivity contribution in [3.63, 3.8) is 0 Å². The van der Waals surface area contributed by atoms with Crippen molar-refractivity contribution in [3.05, 3.63) is 35.4 Å². The van der Waals surface area contributed by atoms with E-state index in [0.717, 1.165) is 19.3 Å². The maximum absolute atomic E-state index is 12.2. The summed E-state index contributed by atoms with van der Waals surface area (Å²) in [5, 5.41) is 5.47. The maximum atomic E-state index is 12.2. The lowest BCUT2D eigenvalue weighted by molar-refractivity contribution is -0.120. The molecule has 1 heterocycles. The second-order valence-electron chi connectivity index (χ2n) is 6.40. The molecule has 23 heavy (non-hydrogen) atoms. The lowest BCUT2D eigenvalue weighted by Crippen LogP contribution is -2.47. The van der Waals surface area contributed by atoms with E-state index in [-0.39, 0.29) is 24.5 Å². The molecular weight excluding hydrogens is 292 g/mol. The molecule has 1 fully saturated rings. The number of rotatable bonds is 5. The van der Waals surface area contributed by atoms with Crippen LogP contribution in [0.2, 0.25) is 0 Å². The first kappa shape index (κ1) is 15.8. The molecule has 1 atom stereocenters. The van der Waals surface area contributed by atoms with Gasteiger partial charge in [-0.3, -0.25) is 4.79 Å². The van der Waals surface area contributed by atoms with Crippen LogP contribution in [0.4, 0.5) is 4.79 Å². The Balaban J connectivity index is 1.40. The Labute approximate surface area is 136 Å². The van der Waals surface area contributed by atoms with E-state index in [1.165, 1.54) is 11.1 Å². The molecule has 1 aromatic rings. The fourth-order valence-corrected chi connectivity index (χ4v) is 2.92. The molecule has 2 aliphatic rings. The first-order chi connectivity index (χ1) is 11.1. The Bertz CT molecular complexity index is 586. The maximum Gasteiger partial charge on any atom is 0.318 e. The molecule has 1 aliphatic carbocycles. The van der Waals surface area contributed by atoms with Crippen LogP contribution < -0.4 is 16.4 Å². The predicted octanol–water partition coefficient (Wildman–Crippen LogP) is 0.608.